The first-order chi connectivity index (χ1) is 10.4. The van der Waals surface area contributed by atoms with E-state index in [9.17, 15) is 4.79 Å². The largest absolute Gasteiger partial charge is 0.316 e. The number of anilines is 1. The molecule has 1 fully saturated rings. The van der Waals surface area contributed by atoms with Gasteiger partial charge in [-0.05, 0) is 57.6 Å². The molecule has 1 aliphatic carbocycles. The summed E-state index contributed by atoms with van der Waals surface area (Å²) < 4.78 is 0.824. The van der Waals surface area contributed by atoms with Crippen LogP contribution in [0.15, 0.2) is 24.3 Å². The highest BCUT2D eigenvalue weighted by molar-refractivity contribution is 5.98. The first-order valence-corrected chi connectivity index (χ1v) is 8.67. The van der Waals surface area contributed by atoms with Gasteiger partial charge in [-0.25, -0.2) is 0 Å². The number of carbonyl (C=O) groups excluding carboxylic acids is 1. The number of carbonyl (C=O) groups is 1. The molecule has 1 aromatic rings. The van der Waals surface area contributed by atoms with Crippen LogP contribution in [-0.4, -0.2) is 42.6 Å². The Labute approximate surface area is 134 Å². The summed E-state index contributed by atoms with van der Waals surface area (Å²) in [6.07, 6.45) is 6.13. The van der Waals surface area contributed by atoms with Crippen LogP contribution in [0.25, 0.3) is 0 Å². The minimum absolute atomic E-state index is 0.0108. The van der Waals surface area contributed by atoms with E-state index in [0.29, 0.717) is 6.04 Å². The summed E-state index contributed by atoms with van der Waals surface area (Å²) in [5.74, 6) is 0.286. The summed E-state index contributed by atoms with van der Waals surface area (Å²) in [6.45, 7) is 4.29. The average molecular weight is 301 g/mol. The van der Waals surface area contributed by atoms with Crippen LogP contribution in [0, 0.1) is 0 Å². The van der Waals surface area contributed by atoms with Gasteiger partial charge in [-0.15, -0.1) is 0 Å². The Morgan fingerprint density at radius 3 is 2.55 bits per heavy atom. The van der Waals surface area contributed by atoms with Gasteiger partial charge in [0.1, 0.15) is 0 Å². The van der Waals surface area contributed by atoms with Crippen molar-refractivity contribution in [2.75, 3.05) is 19.0 Å². The van der Waals surface area contributed by atoms with Crippen molar-refractivity contribution < 1.29 is 9.28 Å². The Bertz CT molecular complexity index is 560. The molecular weight excluding hydrogens is 272 g/mol. The first-order valence-electron chi connectivity index (χ1n) is 8.67. The van der Waals surface area contributed by atoms with Gasteiger partial charge in [0.25, 0.3) is 5.91 Å². The normalized spacial score (nSPS) is 23.6. The lowest BCUT2D eigenvalue weighted by atomic mass is 10.1. The van der Waals surface area contributed by atoms with Gasteiger partial charge in [0, 0.05) is 11.7 Å². The fraction of sp³-hybridized carbons (Fsp3) is 0.632. The van der Waals surface area contributed by atoms with E-state index in [2.05, 4.69) is 51.0 Å². The van der Waals surface area contributed by atoms with E-state index in [1.165, 1.54) is 31.2 Å². The van der Waals surface area contributed by atoms with Gasteiger partial charge in [0.15, 0.2) is 6.04 Å². The SMILES string of the molecule is C[C@@H]1Cc2ccccc2N1C(=O)[C@@H](C)[N+](C)(C)C1CCCC1. The highest BCUT2D eigenvalue weighted by Gasteiger charge is 2.43. The molecule has 0 unspecified atom stereocenters. The molecule has 1 amide bonds. The predicted octanol–water partition coefficient (Wildman–Crippen LogP) is 3.37. The van der Waals surface area contributed by atoms with Crippen LogP contribution < -0.4 is 4.90 Å². The number of fused-ring (bicyclic) bond motifs is 1. The van der Waals surface area contributed by atoms with Crippen molar-refractivity contribution >= 4 is 11.6 Å². The molecule has 1 saturated carbocycles. The van der Waals surface area contributed by atoms with Crippen LogP contribution in [-0.2, 0) is 11.2 Å². The van der Waals surface area contributed by atoms with Crippen molar-refractivity contribution in [1.29, 1.82) is 0 Å². The van der Waals surface area contributed by atoms with Crippen LogP contribution in [0.1, 0.15) is 45.1 Å². The molecule has 0 spiro atoms. The molecule has 120 valence electrons. The van der Waals surface area contributed by atoms with Crippen LogP contribution in [0.4, 0.5) is 5.69 Å². The van der Waals surface area contributed by atoms with Crippen LogP contribution >= 0.6 is 0 Å². The first kappa shape index (κ1) is 15.5. The number of para-hydroxylation sites is 1. The summed E-state index contributed by atoms with van der Waals surface area (Å²) in [5.41, 5.74) is 2.43. The van der Waals surface area contributed by atoms with Gasteiger partial charge in [-0.3, -0.25) is 4.79 Å². The summed E-state index contributed by atoms with van der Waals surface area (Å²) in [4.78, 5) is 15.3. The van der Waals surface area contributed by atoms with Gasteiger partial charge < -0.3 is 9.38 Å². The van der Waals surface area contributed by atoms with E-state index >= 15 is 0 Å². The molecule has 0 saturated heterocycles. The second kappa shape index (κ2) is 5.69. The van der Waals surface area contributed by atoms with Crippen molar-refractivity contribution in [1.82, 2.24) is 0 Å². The summed E-state index contributed by atoms with van der Waals surface area (Å²) >= 11 is 0. The van der Waals surface area contributed by atoms with Crippen molar-refractivity contribution in [2.45, 2.75) is 64.1 Å². The third-order valence-corrected chi connectivity index (χ3v) is 6.07. The van der Waals surface area contributed by atoms with Crippen LogP contribution in [0.3, 0.4) is 0 Å². The standard InChI is InChI=1S/C19H29N2O/c1-14-13-16-9-5-8-12-18(16)20(14)19(22)15(2)21(3,4)17-10-6-7-11-17/h5,8-9,12,14-15,17H,6-7,10-11,13H2,1-4H3/q+1/t14-,15-/m1/s1. The van der Waals surface area contributed by atoms with Gasteiger partial charge >= 0.3 is 0 Å². The minimum Gasteiger partial charge on any atom is -0.316 e. The molecule has 1 aliphatic heterocycles. The number of amides is 1. The molecule has 3 nitrogen and oxygen atoms in total. The molecule has 2 atom stereocenters. The van der Waals surface area contributed by atoms with E-state index in [1.807, 2.05) is 6.07 Å². The maximum atomic E-state index is 13.2. The number of quaternary nitrogens is 1. The Hall–Kier alpha value is -1.35. The van der Waals surface area contributed by atoms with Crippen molar-refractivity contribution in [3.63, 3.8) is 0 Å². The number of nitrogens with zero attached hydrogens (tertiary/aromatic N) is 2. The predicted molar refractivity (Wildman–Crippen MR) is 90.9 cm³/mol. The van der Waals surface area contributed by atoms with E-state index in [4.69, 9.17) is 0 Å². The molecule has 22 heavy (non-hydrogen) atoms. The number of benzene rings is 1. The number of likely N-dealkylation sites (N-methyl/N-ethyl adjacent to an activating group) is 1. The summed E-state index contributed by atoms with van der Waals surface area (Å²) in [5, 5.41) is 0. The molecular formula is C19H29N2O+. The monoisotopic (exact) mass is 301 g/mol. The molecule has 1 heterocycles. The average Bonchev–Trinajstić information content (AvgIpc) is 3.12. The second-order valence-electron chi connectivity index (χ2n) is 7.63. The zero-order chi connectivity index (χ0) is 15.9. The van der Waals surface area contributed by atoms with E-state index in [-0.39, 0.29) is 18.0 Å². The van der Waals surface area contributed by atoms with Gasteiger partial charge in [-0.2, -0.15) is 0 Å². The zero-order valence-electron chi connectivity index (χ0n) is 14.4. The molecule has 0 bridgehead atoms. The quantitative estimate of drug-likeness (QED) is 0.784. The molecule has 1 aromatic carbocycles. The number of rotatable bonds is 3. The number of hydrogen-bond acceptors (Lipinski definition) is 1. The Kier molecular flexibility index (Phi) is 4.02. The lowest BCUT2D eigenvalue weighted by Gasteiger charge is -2.42. The third-order valence-electron chi connectivity index (χ3n) is 6.07. The van der Waals surface area contributed by atoms with Crippen molar-refractivity contribution in [3.05, 3.63) is 29.8 Å². The molecule has 2 aliphatic rings. The maximum absolute atomic E-state index is 13.2. The van der Waals surface area contributed by atoms with E-state index in [0.717, 1.165) is 16.6 Å². The summed E-state index contributed by atoms with van der Waals surface area (Å²) in [6, 6.07) is 9.28. The zero-order valence-corrected chi connectivity index (χ0v) is 14.4. The van der Waals surface area contributed by atoms with Gasteiger partial charge in [-0.1, -0.05) is 18.2 Å². The van der Waals surface area contributed by atoms with E-state index < -0.39 is 0 Å². The highest BCUT2D eigenvalue weighted by Crippen LogP contribution is 2.35. The second-order valence-corrected chi connectivity index (χ2v) is 7.63. The van der Waals surface area contributed by atoms with Gasteiger partial charge in [0.05, 0.1) is 20.1 Å². The van der Waals surface area contributed by atoms with Crippen molar-refractivity contribution in [2.24, 2.45) is 0 Å². The molecule has 3 heteroatoms. The number of hydrogen-bond donors (Lipinski definition) is 0. The topological polar surface area (TPSA) is 20.3 Å². The lowest BCUT2D eigenvalue weighted by Crippen LogP contribution is -2.60. The summed E-state index contributed by atoms with van der Waals surface area (Å²) in [7, 11) is 4.48. The molecule has 0 aromatic heterocycles. The van der Waals surface area contributed by atoms with Crippen LogP contribution in [0.5, 0.6) is 0 Å². The van der Waals surface area contributed by atoms with E-state index in [1.54, 1.807) is 0 Å². The minimum atomic E-state index is 0.0108. The fourth-order valence-electron chi connectivity index (χ4n) is 4.27. The Morgan fingerprint density at radius 2 is 1.86 bits per heavy atom. The molecule has 0 radical (unpaired) electrons. The van der Waals surface area contributed by atoms with Crippen molar-refractivity contribution in [3.8, 4) is 0 Å². The Morgan fingerprint density at radius 1 is 1.23 bits per heavy atom. The third kappa shape index (κ3) is 2.45. The Balaban J connectivity index is 1.84. The maximum Gasteiger partial charge on any atom is 0.285 e. The molecule has 3 rings (SSSR count). The van der Waals surface area contributed by atoms with Crippen LogP contribution in [0.2, 0.25) is 0 Å². The highest BCUT2D eigenvalue weighted by atomic mass is 16.2. The van der Waals surface area contributed by atoms with Gasteiger partial charge in [0.2, 0.25) is 0 Å². The fourth-order valence-corrected chi connectivity index (χ4v) is 4.27. The lowest BCUT2D eigenvalue weighted by molar-refractivity contribution is -0.927. The molecule has 0 N–H and O–H groups in total. The smallest absolute Gasteiger partial charge is 0.285 e.